The number of nitrogens with one attached hydrogen (secondary N) is 2. The van der Waals surface area contributed by atoms with E-state index in [0.29, 0.717) is 31.9 Å². The summed E-state index contributed by atoms with van der Waals surface area (Å²) in [4.78, 5) is 40.7. The number of nitrogens with zero attached hydrogens (tertiary/aromatic N) is 2. The Morgan fingerprint density at radius 1 is 1.07 bits per heavy atom. The van der Waals surface area contributed by atoms with Crippen molar-refractivity contribution in [3.05, 3.63) is 24.2 Å². The van der Waals surface area contributed by atoms with Gasteiger partial charge < -0.3 is 24.9 Å². The average molecular weight is 374 g/mol. The van der Waals surface area contributed by atoms with Crippen LogP contribution < -0.4 is 10.6 Å². The Labute approximate surface area is 158 Å². The first kappa shape index (κ1) is 18.0. The predicted octanol–water partition coefficient (Wildman–Crippen LogP) is 0.353. The molecule has 8 heteroatoms. The summed E-state index contributed by atoms with van der Waals surface area (Å²) in [5.74, 6) is 0.0591. The molecule has 146 valence electrons. The van der Waals surface area contributed by atoms with Crippen molar-refractivity contribution in [1.82, 2.24) is 20.4 Å². The summed E-state index contributed by atoms with van der Waals surface area (Å²) in [6.07, 6.45) is 6.01. The maximum Gasteiger partial charge on any atom is 0.289 e. The molecule has 2 aliphatic heterocycles. The van der Waals surface area contributed by atoms with E-state index in [-0.39, 0.29) is 36.2 Å². The van der Waals surface area contributed by atoms with Crippen LogP contribution in [0.4, 0.5) is 0 Å². The molecule has 3 atom stereocenters. The summed E-state index contributed by atoms with van der Waals surface area (Å²) in [6.45, 7) is 1.90. The number of hydrogen-bond donors (Lipinski definition) is 2. The van der Waals surface area contributed by atoms with Crippen LogP contribution >= 0.6 is 0 Å². The van der Waals surface area contributed by atoms with E-state index in [1.807, 2.05) is 0 Å². The molecule has 1 saturated carbocycles. The smallest absolute Gasteiger partial charge is 0.289 e. The average Bonchev–Trinajstić information content (AvgIpc) is 3.23. The highest BCUT2D eigenvalue weighted by molar-refractivity contribution is 5.92. The molecule has 0 bridgehead atoms. The number of rotatable bonds is 3. The van der Waals surface area contributed by atoms with E-state index in [9.17, 15) is 14.4 Å². The van der Waals surface area contributed by atoms with Gasteiger partial charge in [0.05, 0.1) is 18.7 Å². The van der Waals surface area contributed by atoms with E-state index in [1.54, 1.807) is 21.9 Å². The fraction of sp³-hybridized carbons (Fsp3) is 0.632. The molecule has 1 aromatic rings. The first-order valence-electron chi connectivity index (χ1n) is 9.79. The summed E-state index contributed by atoms with van der Waals surface area (Å²) in [5, 5.41) is 6.46. The molecule has 2 saturated heterocycles. The summed E-state index contributed by atoms with van der Waals surface area (Å²) in [5.41, 5.74) is 0. The third-order valence-corrected chi connectivity index (χ3v) is 5.86. The molecule has 8 nitrogen and oxygen atoms in total. The number of hydrogen-bond acceptors (Lipinski definition) is 5. The highest BCUT2D eigenvalue weighted by Crippen LogP contribution is 2.22. The Morgan fingerprint density at radius 2 is 1.78 bits per heavy atom. The minimum Gasteiger partial charge on any atom is -0.459 e. The van der Waals surface area contributed by atoms with Crippen LogP contribution in [0, 0.1) is 0 Å². The van der Waals surface area contributed by atoms with Crippen LogP contribution in [0.15, 0.2) is 22.8 Å². The Bertz CT molecular complexity index is 697. The number of fused-ring (bicyclic) bond motifs is 1. The van der Waals surface area contributed by atoms with E-state index in [4.69, 9.17) is 4.42 Å². The normalized spacial score (nSPS) is 28.4. The zero-order chi connectivity index (χ0) is 18.8. The minimum absolute atomic E-state index is 0.0398. The van der Waals surface area contributed by atoms with Crippen molar-refractivity contribution in [3.8, 4) is 0 Å². The number of piperazine rings is 2. The third-order valence-electron chi connectivity index (χ3n) is 5.86. The lowest BCUT2D eigenvalue weighted by Gasteiger charge is -2.41. The quantitative estimate of drug-likeness (QED) is 0.796. The van der Waals surface area contributed by atoms with Gasteiger partial charge in [0.1, 0.15) is 0 Å². The van der Waals surface area contributed by atoms with Crippen LogP contribution in [0.25, 0.3) is 0 Å². The molecule has 1 aromatic heterocycles. The fourth-order valence-corrected chi connectivity index (χ4v) is 4.29. The van der Waals surface area contributed by atoms with Crippen LogP contribution in [-0.4, -0.2) is 71.8 Å². The largest absolute Gasteiger partial charge is 0.459 e. The maximum atomic E-state index is 12.7. The van der Waals surface area contributed by atoms with Crippen molar-refractivity contribution in [2.75, 3.05) is 26.2 Å². The Hall–Kier alpha value is -2.35. The molecule has 3 amide bonds. The van der Waals surface area contributed by atoms with Crippen LogP contribution in [0.5, 0.6) is 0 Å². The second-order valence-electron chi connectivity index (χ2n) is 7.58. The molecule has 0 aromatic carbocycles. The van der Waals surface area contributed by atoms with Crippen LogP contribution in [0.3, 0.4) is 0 Å². The number of furan rings is 1. The van der Waals surface area contributed by atoms with Gasteiger partial charge in [-0.3, -0.25) is 14.4 Å². The van der Waals surface area contributed by atoms with Gasteiger partial charge >= 0.3 is 0 Å². The molecule has 3 heterocycles. The Balaban J connectivity index is 1.28. The molecular weight excluding hydrogens is 348 g/mol. The van der Waals surface area contributed by atoms with Gasteiger partial charge in [-0.25, -0.2) is 0 Å². The highest BCUT2D eigenvalue weighted by Gasteiger charge is 2.38. The molecule has 3 aliphatic rings. The van der Waals surface area contributed by atoms with Crippen molar-refractivity contribution in [3.63, 3.8) is 0 Å². The summed E-state index contributed by atoms with van der Waals surface area (Å²) < 4.78 is 5.15. The highest BCUT2D eigenvalue weighted by atomic mass is 16.3. The van der Waals surface area contributed by atoms with Crippen molar-refractivity contribution in [2.45, 2.75) is 50.2 Å². The second-order valence-corrected chi connectivity index (χ2v) is 7.58. The first-order valence-corrected chi connectivity index (χ1v) is 9.79. The van der Waals surface area contributed by atoms with E-state index in [1.165, 1.54) is 6.26 Å². The van der Waals surface area contributed by atoms with Gasteiger partial charge in [-0.1, -0.05) is 12.8 Å². The second kappa shape index (κ2) is 7.72. The van der Waals surface area contributed by atoms with Crippen molar-refractivity contribution >= 4 is 17.7 Å². The van der Waals surface area contributed by atoms with Gasteiger partial charge in [0.2, 0.25) is 11.8 Å². The van der Waals surface area contributed by atoms with Crippen molar-refractivity contribution < 1.29 is 18.8 Å². The van der Waals surface area contributed by atoms with Crippen molar-refractivity contribution in [2.24, 2.45) is 0 Å². The monoisotopic (exact) mass is 374 g/mol. The topological polar surface area (TPSA) is 94.9 Å². The maximum absolute atomic E-state index is 12.7. The summed E-state index contributed by atoms with van der Waals surface area (Å²) in [7, 11) is 0. The molecule has 3 fully saturated rings. The van der Waals surface area contributed by atoms with E-state index >= 15 is 0 Å². The van der Waals surface area contributed by atoms with Gasteiger partial charge in [0.15, 0.2) is 5.76 Å². The lowest BCUT2D eigenvalue weighted by molar-refractivity contribution is -0.137. The number of amides is 3. The SMILES string of the molecule is O=C1NC2CCCCC2NC1CC(=O)N1CCN(C(=O)c2ccco2)CC1. The molecule has 2 N–H and O–H groups in total. The Morgan fingerprint density at radius 3 is 2.48 bits per heavy atom. The third kappa shape index (κ3) is 3.85. The van der Waals surface area contributed by atoms with Gasteiger partial charge in [-0.05, 0) is 25.0 Å². The van der Waals surface area contributed by atoms with Gasteiger partial charge in [-0.15, -0.1) is 0 Å². The van der Waals surface area contributed by atoms with E-state index in [0.717, 1.165) is 25.7 Å². The lowest BCUT2D eigenvalue weighted by Crippen LogP contribution is -2.65. The number of carbonyl (C=O) groups is 3. The summed E-state index contributed by atoms with van der Waals surface area (Å²) in [6, 6.07) is 3.35. The predicted molar refractivity (Wildman–Crippen MR) is 96.9 cm³/mol. The molecule has 27 heavy (non-hydrogen) atoms. The van der Waals surface area contributed by atoms with Crippen molar-refractivity contribution in [1.29, 1.82) is 0 Å². The molecule has 3 unspecified atom stereocenters. The zero-order valence-electron chi connectivity index (χ0n) is 15.4. The van der Waals surface area contributed by atoms with Gasteiger partial charge in [0, 0.05) is 38.3 Å². The molecular formula is C19H26N4O4. The van der Waals surface area contributed by atoms with Crippen LogP contribution in [0.2, 0.25) is 0 Å². The first-order chi connectivity index (χ1) is 13.1. The summed E-state index contributed by atoms with van der Waals surface area (Å²) >= 11 is 0. The molecule has 4 rings (SSSR count). The Kier molecular flexibility index (Phi) is 5.15. The molecule has 0 radical (unpaired) electrons. The molecule has 1 aliphatic carbocycles. The van der Waals surface area contributed by atoms with Crippen LogP contribution in [0.1, 0.15) is 42.7 Å². The molecule has 0 spiro atoms. The standard InChI is InChI=1S/C19H26N4O4/c24-17(12-15-18(25)21-14-5-2-1-4-13(14)20-15)22-7-9-23(10-8-22)19(26)16-6-3-11-27-16/h3,6,11,13-15,20H,1-2,4-5,7-10,12H2,(H,21,25). The minimum atomic E-state index is -0.459. The van der Waals surface area contributed by atoms with E-state index in [2.05, 4.69) is 10.6 Å². The fourth-order valence-electron chi connectivity index (χ4n) is 4.29. The lowest BCUT2D eigenvalue weighted by atomic mass is 9.87. The zero-order valence-corrected chi connectivity index (χ0v) is 15.4. The number of carbonyl (C=O) groups excluding carboxylic acids is 3. The van der Waals surface area contributed by atoms with Crippen LogP contribution in [-0.2, 0) is 9.59 Å². The van der Waals surface area contributed by atoms with Gasteiger partial charge in [-0.2, -0.15) is 0 Å². The van der Waals surface area contributed by atoms with Gasteiger partial charge in [0.25, 0.3) is 5.91 Å². The van der Waals surface area contributed by atoms with E-state index < -0.39 is 6.04 Å².